The van der Waals surface area contributed by atoms with Crippen molar-refractivity contribution in [1.82, 2.24) is 9.80 Å². The highest BCUT2D eigenvalue weighted by molar-refractivity contribution is 9.10. The van der Waals surface area contributed by atoms with E-state index in [2.05, 4.69) is 31.9 Å². The predicted molar refractivity (Wildman–Crippen MR) is 168 cm³/mol. The molecule has 13 heteroatoms. The number of likely N-dealkylation sites (tertiary alicyclic amines) is 2. The van der Waals surface area contributed by atoms with Crippen molar-refractivity contribution in [3.8, 4) is 0 Å². The molecule has 2 unspecified atom stereocenters. The van der Waals surface area contributed by atoms with Gasteiger partial charge in [-0.15, -0.1) is 0 Å². The van der Waals surface area contributed by atoms with E-state index < -0.39 is 58.6 Å². The van der Waals surface area contributed by atoms with E-state index in [1.807, 2.05) is 24.3 Å². The molecule has 6 amide bonds. The summed E-state index contributed by atoms with van der Waals surface area (Å²) < 4.78 is 27.1. The van der Waals surface area contributed by atoms with Gasteiger partial charge in [0.25, 0.3) is 5.91 Å². The predicted octanol–water partition coefficient (Wildman–Crippen LogP) is 7.31. The van der Waals surface area contributed by atoms with Crippen LogP contribution < -0.4 is 0 Å². The number of halogens is 3. The maximum absolute atomic E-state index is 15.3. The fourth-order valence-corrected chi connectivity index (χ4v) is 5.08. The summed E-state index contributed by atoms with van der Waals surface area (Å²) in [5.74, 6) is -3.49. The van der Waals surface area contributed by atoms with Gasteiger partial charge in [0.1, 0.15) is 11.2 Å². The van der Waals surface area contributed by atoms with E-state index in [1.165, 1.54) is 12.1 Å². The Morgan fingerprint density at radius 1 is 0.756 bits per heavy atom. The molecule has 2 heterocycles. The Balaban J connectivity index is 0.000000246. The van der Waals surface area contributed by atoms with E-state index in [9.17, 15) is 28.8 Å². The molecule has 2 aliphatic heterocycles. The number of amides is 6. The molecule has 4 rings (SSSR count). The summed E-state index contributed by atoms with van der Waals surface area (Å²) in [6.07, 6.45) is -2.05. The van der Waals surface area contributed by atoms with Gasteiger partial charge in [-0.1, -0.05) is 56.1 Å². The maximum Gasteiger partial charge on any atom is 0.424 e. The second-order valence-electron chi connectivity index (χ2n) is 12.5. The monoisotopic (exact) mass is 752 g/mol. The molecule has 2 aliphatic rings. The number of benzene rings is 2. The first-order chi connectivity index (χ1) is 20.7. The fourth-order valence-electron chi connectivity index (χ4n) is 4.55. The lowest BCUT2D eigenvalue weighted by Crippen LogP contribution is -2.55. The molecule has 0 N–H and O–H groups in total. The second kappa shape index (κ2) is 13.9. The molecular formula is C32H35Br2FN2O8. The van der Waals surface area contributed by atoms with E-state index in [4.69, 9.17) is 9.47 Å². The summed E-state index contributed by atoms with van der Waals surface area (Å²) in [4.78, 5) is 74.1. The molecule has 0 spiro atoms. The molecule has 2 fully saturated rings. The topological polar surface area (TPSA) is 127 Å². The minimum absolute atomic E-state index is 0.103. The Kier molecular flexibility index (Phi) is 11.1. The van der Waals surface area contributed by atoms with Crippen molar-refractivity contribution in [3.63, 3.8) is 0 Å². The number of rotatable bonds is 2. The first-order valence-electron chi connectivity index (χ1n) is 14.1. The molecule has 45 heavy (non-hydrogen) atoms. The summed E-state index contributed by atoms with van der Waals surface area (Å²) in [5, 5.41) is 0. The van der Waals surface area contributed by atoms with Gasteiger partial charge in [0.15, 0.2) is 0 Å². The molecular weight excluding hydrogens is 719 g/mol. The summed E-state index contributed by atoms with van der Waals surface area (Å²) in [6, 6.07) is 13.4. The quantitative estimate of drug-likeness (QED) is 0.292. The highest BCUT2D eigenvalue weighted by Gasteiger charge is 2.52. The summed E-state index contributed by atoms with van der Waals surface area (Å²) in [5.41, 5.74) is -3.19. The highest BCUT2D eigenvalue weighted by atomic mass is 79.9. The lowest BCUT2D eigenvalue weighted by atomic mass is 9.86. The van der Waals surface area contributed by atoms with Gasteiger partial charge in [0, 0.05) is 28.2 Å². The number of ether oxygens (including phenoxy) is 2. The molecule has 2 aromatic rings. The van der Waals surface area contributed by atoms with E-state index >= 15 is 4.39 Å². The molecule has 0 bridgehead atoms. The van der Waals surface area contributed by atoms with E-state index in [-0.39, 0.29) is 29.7 Å². The molecule has 0 saturated carbocycles. The SMILES string of the molecule is CC(C)(C)OC(=O)N1C(=O)CCC(F)(c2ccc(Br)cc2)C1=O.CC(C)(C)OC(=O)N1C(=O)CCC(c2ccc(Br)cc2)C1=O. The van der Waals surface area contributed by atoms with Crippen molar-refractivity contribution in [2.24, 2.45) is 0 Å². The summed E-state index contributed by atoms with van der Waals surface area (Å²) >= 11 is 6.57. The summed E-state index contributed by atoms with van der Waals surface area (Å²) in [7, 11) is 0. The van der Waals surface area contributed by atoms with Gasteiger partial charge < -0.3 is 9.47 Å². The average Bonchev–Trinajstić information content (AvgIpc) is 2.91. The average molecular weight is 754 g/mol. The van der Waals surface area contributed by atoms with Gasteiger partial charge in [0.05, 0.1) is 5.92 Å². The minimum atomic E-state index is -2.43. The van der Waals surface area contributed by atoms with Crippen LogP contribution >= 0.6 is 31.9 Å². The molecule has 0 aliphatic carbocycles. The van der Waals surface area contributed by atoms with Crippen LogP contribution in [0.2, 0.25) is 0 Å². The van der Waals surface area contributed by atoms with Gasteiger partial charge in [-0.05, 0) is 83.4 Å². The lowest BCUT2D eigenvalue weighted by Gasteiger charge is -2.34. The van der Waals surface area contributed by atoms with Crippen LogP contribution in [0.4, 0.5) is 14.0 Å². The number of piperidine rings is 2. The standard InChI is InChI=1S/C16H17BrFNO4.C16H18BrNO4/c1-15(2,3)23-14(22)19-12(20)8-9-16(18,13(19)21)10-4-6-11(17)7-5-10;1-16(2,3)22-15(21)18-13(19)9-8-12(14(18)20)10-4-6-11(17)7-5-10/h4-7H,8-9H2,1-3H3;4-7,12H,8-9H2,1-3H3. The van der Waals surface area contributed by atoms with Crippen LogP contribution in [-0.2, 0) is 34.3 Å². The summed E-state index contributed by atoms with van der Waals surface area (Å²) in [6.45, 7) is 9.87. The molecule has 10 nitrogen and oxygen atoms in total. The molecule has 2 saturated heterocycles. The van der Waals surface area contributed by atoms with Crippen LogP contribution in [0.5, 0.6) is 0 Å². The number of imide groups is 6. The van der Waals surface area contributed by atoms with Crippen LogP contribution in [0.1, 0.15) is 84.3 Å². The number of hydrogen-bond donors (Lipinski definition) is 0. The Morgan fingerprint density at radius 2 is 1.20 bits per heavy atom. The smallest absolute Gasteiger partial charge is 0.424 e. The van der Waals surface area contributed by atoms with Gasteiger partial charge in [0.2, 0.25) is 23.4 Å². The lowest BCUT2D eigenvalue weighted by molar-refractivity contribution is -0.158. The number of carbonyl (C=O) groups excluding carboxylic acids is 6. The largest absolute Gasteiger partial charge is 0.443 e. The Hall–Kier alpha value is -3.45. The van der Waals surface area contributed by atoms with Crippen LogP contribution in [-0.4, -0.2) is 56.8 Å². The van der Waals surface area contributed by atoms with E-state index in [1.54, 1.807) is 53.7 Å². The third kappa shape index (κ3) is 9.06. The molecule has 242 valence electrons. The van der Waals surface area contributed by atoms with E-state index in [0.717, 1.165) is 14.5 Å². The van der Waals surface area contributed by atoms with Crippen molar-refractivity contribution in [3.05, 3.63) is 68.6 Å². The van der Waals surface area contributed by atoms with Gasteiger partial charge in [-0.2, -0.15) is 9.80 Å². The van der Waals surface area contributed by atoms with E-state index in [0.29, 0.717) is 11.3 Å². The number of carbonyl (C=O) groups is 6. The molecule has 2 aromatic carbocycles. The minimum Gasteiger partial charge on any atom is -0.443 e. The number of nitrogens with zero attached hydrogens (tertiary/aromatic N) is 2. The first-order valence-corrected chi connectivity index (χ1v) is 15.7. The van der Waals surface area contributed by atoms with Crippen molar-refractivity contribution >= 4 is 67.7 Å². The molecule has 0 aromatic heterocycles. The van der Waals surface area contributed by atoms with Crippen molar-refractivity contribution in [2.45, 2.75) is 90.0 Å². The van der Waals surface area contributed by atoms with Crippen LogP contribution in [0, 0.1) is 0 Å². The molecule has 0 radical (unpaired) electrons. The fraction of sp³-hybridized carbons (Fsp3) is 0.438. The third-order valence-electron chi connectivity index (χ3n) is 6.62. The number of hydrogen-bond acceptors (Lipinski definition) is 8. The van der Waals surface area contributed by atoms with Crippen LogP contribution in [0.15, 0.2) is 57.5 Å². The number of alkyl halides is 1. The van der Waals surface area contributed by atoms with Crippen molar-refractivity contribution in [2.75, 3.05) is 0 Å². The highest BCUT2D eigenvalue weighted by Crippen LogP contribution is 2.38. The van der Waals surface area contributed by atoms with Crippen LogP contribution in [0.3, 0.4) is 0 Å². The zero-order valence-electron chi connectivity index (χ0n) is 25.8. The van der Waals surface area contributed by atoms with Crippen LogP contribution in [0.25, 0.3) is 0 Å². The third-order valence-corrected chi connectivity index (χ3v) is 7.67. The second-order valence-corrected chi connectivity index (χ2v) is 14.3. The molecule has 2 atom stereocenters. The van der Waals surface area contributed by atoms with Gasteiger partial charge >= 0.3 is 12.2 Å². The Labute approximate surface area is 277 Å². The van der Waals surface area contributed by atoms with Crippen molar-refractivity contribution < 1.29 is 42.6 Å². The normalized spacial score (nSPS) is 20.8. The van der Waals surface area contributed by atoms with Crippen molar-refractivity contribution in [1.29, 1.82) is 0 Å². The zero-order chi connectivity index (χ0) is 33.9. The van der Waals surface area contributed by atoms with Gasteiger partial charge in [-0.3, -0.25) is 19.2 Å². The Bertz CT molecular complexity index is 1480. The zero-order valence-corrected chi connectivity index (χ0v) is 29.0. The maximum atomic E-state index is 15.3. The van der Waals surface area contributed by atoms with Gasteiger partial charge in [-0.25, -0.2) is 14.0 Å². The first kappa shape index (κ1) is 36.0. The Morgan fingerprint density at radius 3 is 1.69 bits per heavy atom.